The van der Waals surface area contributed by atoms with Crippen LogP contribution in [0, 0.1) is 10.1 Å². The molecular weight excluding hydrogens is 454 g/mol. The highest BCUT2D eigenvalue weighted by molar-refractivity contribution is 7.99. The van der Waals surface area contributed by atoms with Crippen molar-refractivity contribution in [3.05, 3.63) is 52.1 Å². The number of methoxy groups -OCH3 is 1. The summed E-state index contributed by atoms with van der Waals surface area (Å²) >= 11 is 1.64. The Morgan fingerprint density at radius 3 is 2.39 bits per heavy atom. The van der Waals surface area contributed by atoms with E-state index in [0.29, 0.717) is 19.4 Å². The Morgan fingerprint density at radius 2 is 1.70 bits per heavy atom. The van der Waals surface area contributed by atoms with E-state index in [4.69, 9.17) is 14.2 Å². The van der Waals surface area contributed by atoms with Crippen molar-refractivity contribution in [3.63, 3.8) is 0 Å². The van der Waals surface area contributed by atoms with Gasteiger partial charge in [-0.15, -0.1) is 10.1 Å². The van der Waals surface area contributed by atoms with Crippen molar-refractivity contribution in [3.8, 4) is 5.75 Å². The molecule has 0 aliphatic heterocycles. The number of thioether (sulfide) groups is 1. The van der Waals surface area contributed by atoms with Gasteiger partial charge in [-0.1, -0.05) is 24.3 Å². The number of rotatable bonds is 14. The molecule has 0 aromatic heterocycles. The first-order valence-corrected chi connectivity index (χ1v) is 11.5. The summed E-state index contributed by atoms with van der Waals surface area (Å²) in [5, 5.41) is 11.1. The van der Waals surface area contributed by atoms with Crippen molar-refractivity contribution >= 4 is 34.7 Å². The Kier molecular flexibility index (Phi) is 11.1. The van der Waals surface area contributed by atoms with Crippen LogP contribution in [0.2, 0.25) is 0 Å². The summed E-state index contributed by atoms with van der Waals surface area (Å²) in [7, 11) is 1.63. The zero-order valence-corrected chi connectivity index (χ0v) is 19.3. The number of ether oxygens (including phenoxy) is 4. The van der Waals surface area contributed by atoms with E-state index in [1.165, 1.54) is 6.92 Å². The number of benzene rings is 2. The molecule has 0 N–H and O–H groups in total. The van der Waals surface area contributed by atoms with Gasteiger partial charge in [0.25, 0.3) is 5.09 Å². The number of esters is 1. The van der Waals surface area contributed by atoms with Crippen LogP contribution in [0.25, 0.3) is 10.8 Å². The quantitative estimate of drug-likeness (QED) is 0.128. The average molecular weight is 482 g/mol. The fourth-order valence-corrected chi connectivity index (χ4v) is 3.65. The fraction of sp³-hybridized carbons (Fsp3) is 0.455. The van der Waals surface area contributed by atoms with Crippen LogP contribution in [-0.2, 0) is 30.3 Å². The molecule has 1 unspecified atom stereocenters. The number of hydrogen-bond donors (Lipinski definition) is 0. The Hall–Kier alpha value is -3.21. The Balaban J connectivity index is 1.51. The molecule has 0 aliphatic rings. The maximum atomic E-state index is 12.1. The summed E-state index contributed by atoms with van der Waals surface area (Å²) in [6, 6.07) is 11.6. The third kappa shape index (κ3) is 10.3. The molecule has 33 heavy (non-hydrogen) atoms. The van der Waals surface area contributed by atoms with E-state index in [1.807, 2.05) is 36.4 Å². The van der Waals surface area contributed by atoms with Crippen molar-refractivity contribution in [2.24, 2.45) is 0 Å². The summed E-state index contributed by atoms with van der Waals surface area (Å²) in [5.41, 5.74) is 0.893. The van der Waals surface area contributed by atoms with Gasteiger partial charge in [0.1, 0.15) is 5.75 Å². The van der Waals surface area contributed by atoms with Gasteiger partial charge in [-0.2, -0.15) is 11.8 Å². The van der Waals surface area contributed by atoms with Crippen molar-refractivity contribution in [2.75, 3.05) is 31.8 Å². The maximum absolute atomic E-state index is 12.1. The van der Waals surface area contributed by atoms with Crippen LogP contribution >= 0.6 is 11.8 Å². The van der Waals surface area contributed by atoms with Gasteiger partial charge in [0.2, 0.25) is 6.29 Å². The molecule has 11 heteroatoms. The van der Waals surface area contributed by atoms with Gasteiger partial charge in [0, 0.05) is 0 Å². The van der Waals surface area contributed by atoms with Crippen LogP contribution in [0.5, 0.6) is 5.75 Å². The van der Waals surface area contributed by atoms with Crippen molar-refractivity contribution < 1.29 is 38.5 Å². The summed E-state index contributed by atoms with van der Waals surface area (Å²) in [6.07, 6.45) is -0.819. The molecule has 0 heterocycles. The first-order chi connectivity index (χ1) is 15.9. The molecule has 0 saturated carbocycles. The highest BCUT2D eigenvalue weighted by Gasteiger charge is 2.13. The smallest absolute Gasteiger partial charge is 0.497 e. The minimum absolute atomic E-state index is 0.130. The van der Waals surface area contributed by atoms with Gasteiger partial charge in [0.05, 0.1) is 26.7 Å². The van der Waals surface area contributed by atoms with Crippen LogP contribution in [0.3, 0.4) is 0 Å². The van der Waals surface area contributed by atoms with E-state index in [2.05, 4.69) is 9.57 Å². The maximum Gasteiger partial charge on any atom is 0.510 e. The molecule has 0 saturated heterocycles. The number of carbonyl (C=O) groups is 2. The molecule has 0 aliphatic carbocycles. The molecular formula is C22H27NO9S. The highest BCUT2D eigenvalue weighted by Crippen LogP contribution is 2.22. The van der Waals surface area contributed by atoms with E-state index in [9.17, 15) is 19.7 Å². The van der Waals surface area contributed by atoms with E-state index >= 15 is 0 Å². The largest absolute Gasteiger partial charge is 0.510 e. The molecule has 0 radical (unpaired) electrons. The molecule has 10 nitrogen and oxygen atoms in total. The van der Waals surface area contributed by atoms with Gasteiger partial charge in [-0.3, -0.25) is 9.63 Å². The fourth-order valence-electron chi connectivity index (χ4n) is 2.81. The summed E-state index contributed by atoms with van der Waals surface area (Å²) in [4.78, 5) is 37.5. The molecule has 180 valence electrons. The van der Waals surface area contributed by atoms with E-state index in [0.717, 1.165) is 33.6 Å². The topological polar surface area (TPSA) is 123 Å². The Bertz CT molecular complexity index is 937. The van der Waals surface area contributed by atoms with Crippen LogP contribution in [0.4, 0.5) is 4.79 Å². The molecule has 1 atom stereocenters. The molecule has 2 rings (SSSR count). The van der Waals surface area contributed by atoms with E-state index in [1.54, 1.807) is 18.9 Å². The monoisotopic (exact) mass is 481 g/mol. The van der Waals surface area contributed by atoms with Gasteiger partial charge in [-0.25, -0.2) is 4.79 Å². The van der Waals surface area contributed by atoms with Crippen molar-refractivity contribution in [1.82, 2.24) is 0 Å². The Labute approximate surface area is 195 Å². The van der Waals surface area contributed by atoms with Crippen LogP contribution in [0.15, 0.2) is 36.4 Å². The summed E-state index contributed by atoms with van der Waals surface area (Å²) in [5.74, 6) is 2.06. The molecule has 2 aromatic carbocycles. The van der Waals surface area contributed by atoms with Crippen molar-refractivity contribution in [1.29, 1.82) is 0 Å². The number of fused-ring (bicyclic) bond motifs is 1. The second kappa shape index (κ2) is 14.0. The Morgan fingerprint density at radius 1 is 1.03 bits per heavy atom. The highest BCUT2D eigenvalue weighted by atomic mass is 32.2. The lowest BCUT2D eigenvalue weighted by atomic mass is 10.0. The predicted molar refractivity (Wildman–Crippen MR) is 122 cm³/mol. The third-order valence-corrected chi connectivity index (χ3v) is 5.46. The predicted octanol–water partition coefficient (Wildman–Crippen LogP) is 4.16. The van der Waals surface area contributed by atoms with E-state index in [-0.39, 0.29) is 19.0 Å². The summed E-state index contributed by atoms with van der Waals surface area (Å²) < 4.78 is 19.8. The first-order valence-electron chi connectivity index (χ1n) is 10.3. The zero-order chi connectivity index (χ0) is 24.1. The number of nitrogens with zero attached hydrogens (tertiary/aromatic N) is 1. The average Bonchev–Trinajstić information content (AvgIpc) is 2.76. The second-order valence-electron chi connectivity index (χ2n) is 6.88. The number of hydrogen-bond acceptors (Lipinski definition) is 10. The number of carbonyl (C=O) groups excluding carboxylic acids is 2. The lowest BCUT2D eigenvalue weighted by Gasteiger charge is -2.10. The standard InChI is InChI=1S/C22H27NO9S/c1-16(32-23(26)27)31-22(25)30-10-4-12-33-11-3-9-29-21(24)14-17-5-6-19-15-20(28-2)8-7-18(19)13-17/h5-8,13,15-16H,3-4,9-12,14H2,1-2H3. The molecule has 0 amide bonds. The van der Waals surface area contributed by atoms with Gasteiger partial charge < -0.3 is 18.9 Å². The molecule has 0 spiro atoms. The molecule has 0 bridgehead atoms. The normalized spacial score (nSPS) is 11.5. The lowest BCUT2D eigenvalue weighted by Crippen LogP contribution is -2.21. The van der Waals surface area contributed by atoms with Gasteiger partial charge in [0.15, 0.2) is 0 Å². The third-order valence-electron chi connectivity index (χ3n) is 4.31. The summed E-state index contributed by atoms with van der Waals surface area (Å²) in [6.45, 7) is 1.69. The van der Waals surface area contributed by atoms with Gasteiger partial charge >= 0.3 is 12.1 Å². The van der Waals surface area contributed by atoms with Crippen LogP contribution < -0.4 is 4.74 Å². The van der Waals surface area contributed by atoms with E-state index < -0.39 is 17.5 Å². The minimum Gasteiger partial charge on any atom is -0.497 e. The molecule has 0 fully saturated rings. The molecule has 2 aromatic rings. The minimum atomic E-state index is -1.32. The lowest BCUT2D eigenvalue weighted by molar-refractivity contribution is -0.777. The van der Waals surface area contributed by atoms with Gasteiger partial charge in [-0.05, 0) is 59.7 Å². The SMILES string of the molecule is COc1ccc2cc(CC(=O)OCCCSCCCOC(=O)OC(C)O[N+](=O)[O-])ccc2c1. The van der Waals surface area contributed by atoms with Crippen molar-refractivity contribution in [2.45, 2.75) is 32.5 Å². The zero-order valence-electron chi connectivity index (χ0n) is 18.5. The van der Waals surface area contributed by atoms with Crippen LogP contribution in [-0.4, -0.2) is 55.3 Å². The second-order valence-corrected chi connectivity index (χ2v) is 8.10. The first kappa shape index (κ1) is 26.0. The van der Waals surface area contributed by atoms with Crippen LogP contribution in [0.1, 0.15) is 25.3 Å².